The van der Waals surface area contributed by atoms with Gasteiger partial charge in [-0.15, -0.1) is 0 Å². The molecule has 7 nitrogen and oxygen atoms in total. The molecule has 0 unspecified atom stereocenters. The van der Waals surface area contributed by atoms with Crippen LogP contribution in [0.1, 0.15) is 29.1 Å². The predicted octanol–water partition coefficient (Wildman–Crippen LogP) is 0.855. The molecule has 1 fully saturated rings. The Morgan fingerprint density at radius 2 is 2.17 bits per heavy atom. The van der Waals surface area contributed by atoms with Gasteiger partial charge >= 0.3 is 6.09 Å². The minimum absolute atomic E-state index is 0.0811. The number of aromatic nitrogens is 1. The Balaban J connectivity index is 1.92. The summed E-state index contributed by atoms with van der Waals surface area (Å²) in [5.41, 5.74) is 0.575. The van der Waals surface area contributed by atoms with Crippen molar-refractivity contribution < 1.29 is 19.1 Å². The highest BCUT2D eigenvalue weighted by molar-refractivity contribution is 5.92. The Labute approximate surface area is 104 Å². The summed E-state index contributed by atoms with van der Waals surface area (Å²) in [6.07, 6.45) is 1.46. The molecule has 1 aromatic rings. The van der Waals surface area contributed by atoms with Gasteiger partial charge in [-0.25, -0.2) is 9.78 Å². The molecule has 0 aliphatic carbocycles. The fourth-order valence-corrected chi connectivity index (χ4v) is 2.05. The molecule has 2 rings (SSSR count). The Morgan fingerprint density at radius 3 is 2.67 bits per heavy atom. The number of aryl methyl sites for hydroxylation is 1. The van der Waals surface area contributed by atoms with Crippen molar-refractivity contribution >= 4 is 12.0 Å². The van der Waals surface area contributed by atoms with Crippen LogP contribution in [0.3, 0.4) is 0 Å². The summed E-state index contributed by atoms with van der Waals surface area (Å²) in [6.45, 7) is 2.75. The number of nitrogens with zero attached hydrogens (tertiary/aromatic N) is 2. The van der Waals surface area contributed by atoms with Crippen LogP contribution in [0, 0.1) is 6.92 Å². The van der Waals surface area contributed by atoms with Gasteiger partial charge in [-0.2, -0.15) is 0 Å². The molecule has 98 valence electrons. The summed E-state index contributed by atoms with van der Waals surface area (Å²) < 4.78 is 5.06. The summed E-state index contributed by atoms with van der Waals surface area (Å²) in [4.78, 5) is 28.1. The number of oxazole rings is 1. The van der Waals surface area contributed by atoms with Crippen LogP contribution >= 0.6 is 0 Å². The van der Waals surface area contributed by atoms with Gasteiger partial charge in [0, 0.05) is 19.1 Å². The van der Waals surface area contributed by atoms with Gasteiger partial charge < -0.3 is 19.7 Å². The number of hydrogen-bond donors (Lipinski definition) is 2. The van der Waals surface area contributed by atoms with E-state index in [1.54, 1.807) is 11.8 Å². The monoisotopic (exact) mass is 253 g/mol. The normalized spacial score (nSPS) is 16.6. The second kappa shape index (κ2) is 5.07. The SMILES string of the molecule is Cc1ncoc1C(=O)N1CCC(NC(=O)O)CC1. The van der Waals surface area contributed by atoms with E-state index in [1.165, 1.54) is 6.39 Å². The zero-order valence-electron chi connectivity index (χ0n) is 10.0. The van der Waals surface area contributed by atoms with E-state index in [-0.39, 0.29) is 17.7 Å². The van der Waals surface area contributed by atoms with Gasteiger partial charge in [-0.1, -0.05) is 0 Å². The second-order valence-electron chi connectivity index (χ2n) is 4.28. The third-order valence-corrected chi connectivity index (χ3v) is 3.05. The zero-order valence-corrected chi connectivity index (χ0v) is 10.0. The van der Waals surface area contributed by atoms with Crippen LogP contribution in [0.4, 0.5) is 4.79 Å². The van der Waals surface area contributed by atoms with Gasteiger partial charge in [0.2, 0.25) is 5.76 Å². The number of hydrogen-bond acceptors (Lipinski definition) is 4. The molecule has 0 saturated carbocycles. The number of carbonyl (C=O) groups is 2. The van der Waals surface area contributed by atoms with E-state index in [1.807, 2.05) is 0 Å². The smallest absolute Gasteiger partial charge is 0.404 e. The molecule has 0 atom stereocenters. The highest BCUT2D eigenvalue weighted by Crippen LogP contribution is 2.15. The first-order chi connectivity index (χ1) is 8.58. The fraction of sp³-hybridized carbons (Fsp3) is 0.545. The lowest BCUT2D eigenvalue weighted by molar-refractivity contribution is 0.0673. The van der Waals surface area contributed by atoms with Crippen molar-refractivity contribution in [3.05, 3.63) is 17.8 Å². The summed E-state index contributed by atoms with van der Waals surface area (Å²) in [7, 11) is 0. The summed E-state index contributed by atoms with van der Waals surface area (Å²) >= 11 is 0. The Bertz CT molecular complexity index is 449. The Kier molecular flexibility index (Phi) is 3.50. The molecule has 2 heterocycles. The largest absolute Gasteiger partial charge is 0.465 e. The van der Waals surface area contributed by atoms with Crippen molar-refractivity contribution in [2.24, 2.45) is 0 Å². The lowest BCUT2D eigenvalue weighted by Gasteiger charge is -2.31. The maximum Gasteiger partial charge on any atom is 0.404 e. The van der Waals surface area contributed by atoms with Gasteiger partial charge in [0.25, 0.3) is 5.91 Å². The number of amides is 2. The second-order valence-corrected chi connectivity index (χ2v) is 4.28. The van der Waals surface area contributed by atoms with Gasteiger partial charge in [0.15, 0.2) is 6.39 Å². The topological polar surface area (TPSA) is 95.7 Å². The molecular weight excluding hydrogens is 238 g/mol. The van der Waals surface area contributed by atoms with Crippen molar-refractivity contribution in [1.29, 1.82) is 0 Å². The number of likely N-dealkylation sites (tertiary alicyclic amines) is 1. The predicted molar refractivity (Wildman–Crippen MR) is 61.3 cm³/mol. The molecule has 1 aromatic heterocycles. The van der Waals surface area contributed by atoms with Gasteiger partial charge in [0.05, 0.1) is 5.69 Å². The minimum atomic E-state index is -1.02. The van der Waals surface area contributed by atoms with Crippen molar-refractivity contribution in [2.45, 2.75) is 25.8 Å². The number of nitrogens with one attached hydrogen (secondary N) is 1. The summed E-state index contributed by atoms with van der Waals surface area (Å²) in [6, 6.07) is -0.0811. The van der Waals surface area contributed by atoms with Crippen molar-refractivity contribution in [1.82, 2.24) is 15.2 Å². The van der Waals surface area contributed by atoms with Crippen LogP contribution in [-0.4, -0.2) is 46.1 Å². The lowest BCUT2D eigenvalue weighted by atomic mass is 10.0. The van der Waals surface area contributed by atoms with Crippen molar-refractivity contribution in [2.75, 3.05) is 13.1 Å². The molecule has 1 saturated heterocycles. The van der Waals surface area contributed by atoms with Crippen LogP contribution in [0.2, 0.25) is 0 Å². The number of piperidine rings is 1. The highest BCUT2D eigenvalue weighted by atomic mass is 16.4. The van der Waals surface area contributed by atoms with Gasteiger partial charge in [-0.05, 0) is 19.8 Å². The fourth-order valence-electron chi connectivity index (χ4n) is 2.05. The molecule has 0 bridgehead atoms. The Morgan fingerprint density at radius 1 is 1.50 bits per heavy atom. The highest BCUT2D eigenvalue weighted by Gasteiger charge is 2.27. The number of rotatable bonds is 2. The van der Waals surface area contributed by atoms with E-state index in [0.29, 0.717) is 31.6 Å². The van der Waals surface area contributed by atoms with E-state index < -0.39 is 6.09 Å². The maximum absolute atomic E-state index is 12.1. The molecule has 1 aliphatic rings. The lowest BCUT2D eigenvalue weighted by Crippen LogP contribution is -2.46. The van der Waals surface area contributed by atoms with Crippen molar-refractivity contribution in [3.63, 3.8) is 0 Å². The van der Waals surface area contributed by atoms with E-state index in [2.05, 4.69) is 10.3 Å². The van der Waals surface area contributed by atoms with E-state index in [9.17, 15) is 9.59 Å². The quantitative estimate of drug-likeness (QED) is 0.814. The molecule has 0 aromatic carbocycles. The minimum Gasteiger partial charge on any atom is -0.465 e. The first-order valence-electron chi connectivity index (χ1n) is 5.76. The van der Waals surface area contributed by atoms with Crippen LogP contribution in [-0.2, 0) is 0 Å². The first-order valence-corrected chi connectivity index (χ1v) is 5.76. The van der Waals surface area contributed by atoms with Crippen LogP contribution in [0.15, 0.2) is 10.8 Å². The molecule has 0 radical (unpaired) electrons. The molecule has 1 aliphatic heterocycles. The molecule has 0 spiro atoms. The standard InChI is InChI=1S/C11H15N3O4/c1-7-9(18-6-12-7)10(15)14-4-2-8(3-5-14)13-11(16)17/h6,8,13H,2-5H2,1H3,(H,16,17). The maximum atomic E-state index is 12.1. The summed E-state index contributed by atoms with van der Waals surface area (Å²) in [5.74, 6) is 0.0819. The summed E-state index contributed by atoms with van der Waals surface area (Å²) in [5, 5.41) is 11.0. The van der Waals surface area contributed by atoms with Crippen LogP contribution in [0.5, 0.6) is 0 Å². The third-order valence-electron chi connectivity index (χ3n) is 3.05. The van der Waals surface area contributed by atoms with Gasteiger partial charge in [0.1, 0.15) is 0 Å². The number of carbonyl (C=O) groups excluding carboxylic acids is 1. The van der Waals surface area contributed by atoms with E-state index in [0.717, 1.165) is 0 Å². The van der Waals surface area contributed by atoms with E-state index in [4.69, 9.17) is 9.52 Å². The molecule has 18 heavy (non-hydrogen) atoms. The first kappa shape index (κ1) is 12.4. The number of carboxylic acid groups (broad SMARTS) is 1. The van der Waals surface area contributed by atoms with E-state index >= 15 is 0 Å². The molecule has 7 heteroatoms. The molecule has 2 amide bonds. The molecular formula is C11H15N3O4. The average Bonchev–Trinajstić information content (AvgIpc) is 2.75. The Hall–Kier alpha value is -2.05. The zero-order chi connectivity index (χ0) is 13.1. The third kappa shape index (κ3) is 2.61. The average molecular weight is 253 g/mol. The van der Waals surface area contributed by atoms with Crippen LogP contribution in [0.25, 0.3) is 0 Å². The van der Waals surface area contributed by atoms with Crippen LogP contribution < -0.4 is 5.32 Å². The molecule has 2 N–H and O–H groups in total. The van der Waals surface area contributed by atoms with Gasteiger partial charge in [-0.3, -0.25) is 4.79 Å². The van der Waals surface area contributed by atoms with Crippen molar-refractivity contribution in [3.8, 4) is 0 Å².